The van der Waals surface area contributed by atoms with Crippen LogP contribution in [0.5, 0.6) is 0 Å². The monoisotopic (exact) mass is 487 g/mol. The number of anilines is 3. The number of benzene rings is 1. The molecule has 0 saturated heterocycles. The van der Waals surface area contributed by atoms with Crippen molar-refractivity contribution in [2.45, 2.75) is 18.2 Å². The predicted molar refractivity (Wildman–Crippen MR) is 132 cm³/mol. The average Bonchev–Trinajstić information content (AvgIpc) is 3.32. The Morgan fingerprint density at radius 1 is 1.24 bits per heavy atom. The van der Waals surface area contributed by atoms with E-state index in [-0.39, 0.29) is 6.61 Å². The molecule has 9 nitrogen and oxygen atoms in total. The lowest BCUT2D eigenvalue weighted by atomic mass is 10.2. The van der Waals surface area contributed by atoms with Crippen molar-refractivity contribution in [3.05, 3.63) is 48.0 Å². The molecule has 2 aromatic heterocycles. The van der Waals surface area contributed by atoms with Crippen LogP contribution in [0.1, 0.15) is 13.3 Å². The summed E-state index contributed by atoms with van der Waals surface area (Å²) in [5.41, 5.74) is 1.67. The number of aromatic nitrogens is 2. The van der Waals surface area contributed by atoms with Gasteiger partial charge in [0.2, 0.25) is 5.95 Å². The molecule has 0 aliphatic heterocycles. The van der Waals surface area contributed by atoms with Crippen LogP contribution < -0.4 is 10.6 Å². The third kappa shape index (κ3) is 7.52. The second kappa shape index (κ2) is 12.3. The van der Waals surface area contributed by atoms with Gasteiger partial charge >= 0.3 is 6.09 Å². The molecule has 1 aromatic carbocycles. The van der Waals surface area contributed by atoms with Crippen molar-refractivity contribution in [1.29, 1.82) is 0 Å². The van der Waals surface area contributed by atoms with E-state index in [1.807, 2.05) is 17.5 Å². The first-order chi connectivity index (χ1) is 16.0. The van der Waals surface area contributed by atoms with Gasteiger partial charge in [0.1, 0.15) is 5.82 Å². The second-order valence-corrected chi connectivity index (χ2v) is 9.31. The molecule has 0 bridgehead atoms. The Hall–Kier alpha value is -3.02. The summed E-state index contributed by atoms with van der Waals surface area (Å²) in [7, 11) is 2.28. The van der Waals surface area contributed by atoms with Crippen molar-refractivity contribution < 1.29 is 13.7 Å². The average molecular weight is 488 g/mol. The van der Waals surface area contributed by atoms with Gasteiger partial charge in [-0.05, 0) is 57.6 Å². The number of amides is 1. The fourth-order valence-electron chi connectivity index (χ4n) is 2.85. The summed E-state index contributed by atoms with van der Waals surface area (Å²) in [4.78, 5) is 24.2. The molecule has 0 fully saturated rings. The predicted octanol–water partition coefficient (Wildman–Crippen LogP) is 4.98. The van der Waals surface area contributed by atoms with E-state index < -0.39 is 16.7 Å². The van der Waals surface area contributed by atoms with Crippen LogP contribution in [0.3, 0.4) is 0 Å². The highest BCUT2D eigenvalue weighted by Crippen LogP contribution is 2.31. The highest BCUT2D eigenvalue weighted by Gasteiger charge is 2.10. The number of ether oxygens (including phenoxy) is 1. The molecular formula is C22H27N6O3S2-. The van der Waals surface area contributed by atoms with Crippen molar-refractivity contribution in [2.24, 2.45) is 4.36 Å². The molecule has 11 heteroatoms. The maximum Gasteiger partial charge on any atom is 0.410 e. The number of carbonyl (C=O) groups is 1. The normalized spacial score (nSPS) is 12.0. The minimum absolute atomic E-state index is 0.181. The Balaban J connectivity index is 1.74. The summed E-state index contributed by atoms with van der Waals surface area (Å²) in [6, 6.07) is 10.8. The lowest BCUT2D eigenvalue weighted by Gasteiger charge is -2.14. The third-order valence-corrected chi connectivity index (χ3v) is 6.28. The van der Waals surface area contributed by atoms with Crippen LogP contribution in [0.2, 0.25) is 0 Å². The molecule has 3 rings (SSSR count). The Bertz CT molecular complexity index is 1130. The molecule has 0 radical (unpaired) electrons. The standard InChI is InChI=1S/C22H27N6O3S2/c1-4-31-22(29)27-33(30)17-10-8-16(9-11-17)25-21-24-15-18(19-7-5-14-32-19)20(26-21)23-12-6-13-28(2)3/h5,7-11,14-15H,4,6,12-13H2,1-3H3,(H2,23,24,25,26)/q-1. The van der Waals surface area contributed by atoms with Crippen molar-refractivity contribution in [3.63, 3.8) is 0 Å². The highest BCUT2D eigenvalue weighted by atomic mass is 32.2. The van der Waals surface area contributed by atoms with E-state index in [9.17, 15) is 9.00 Å². The molecule has 0 saturated carbocycles. The van der Waals surface area contributed by atoms with Gasteiger partial charge in [-0.3, -0.25) is 4.36 Å². The van der Waals surface area contributed by atoms with Gasteiger partial charge in [0.15, 0.2) is 0 Å². The van der Waals surface area contributed by atoms with E-state index in [1.54, 1.807) is 48.7 Å². The van der Waals surface area contributed by atoms with Gasteiger partial charge in [0, 0.05) is 23.3 Å². The fourth-order valence-corrected chi connectivity index (χ4v) is 4.24. The van der Waals surface area contributed by atoms with Gasteiger partial charge in [-0.1, -0.05) is 23.1 Å². The van der Waals surface area contributed by atoms with Crippen LogP contribution in [0.15, 0.2) is 57.2 Å². The minimum Gasteiger partial charge on any atom is -0.450 e. The Morgan fingerprint density at radius 3 is 2.70 bits per heavy atom. The number of nitrogens with zero attached hydrogens (tertiary/aromatic N) is 4. The highest BCUT2D eigenvalue weighted by molar-refractivity contribution is 7.75. The van der Waals surface area contributed by atoms with Gasteiger partial charge in [-0.2, -0.15) is 4.98 Å². The Labute approximate surface area is 199 Å². The maximum atomic E-state index is 12.1. The van der Waals surface area contributed by atoms with Crippen LogP contribution in [0.25, 0.3) is 10.4 Å². The molecule has 0 unspecified atom stereocenters. The molecule has 0 aliphatic carbocycles. The zero-order valence-corrected chi connectivity index (χ0v) is 20.4. The Kier molecular flexibility index (Phi) is 9.16. The summed E-state index contributed by atoms with van der Waals surface area (Å²) in [6.45, 7) is 3.61. The summed E-state index contributed by atoms with van der Waals surface area (Å²) in [6.07, 6.45) is 1.94. The van der Waals surface area contributed by atoms with E-state index in [2.05, 4.69) is 44.0 Å². The zero-order valence-electron chi connectivity index (χ0n) is 18.8. The number of thiophene rings is 1. The fraction of sp³-hybridized carbons (Fsp3) is 0.318. The first-order valence-electron chi connectivity index (χ1n) is 10.4. The van der Waals surface area contributed by atoms with E-state index in [0.717, 1.165) is 35.8 Å². The van der Waals surface area contributed by atoms with Crippen molar-refractivity contribution in [1.82, 2.24) is 14.9 Å². The molecule has 0 aliphatic rings. The van der Waals surface area contributed by atoms with Crippen molar-refractivity contribution in [3.8, 4) is 10.4 Å². The number of rotatable bonds is 10. The molecule has 0 spiro atoms. The topological polar surface area (TPSA) is 109 Å². The van der Waals surface area contributed by atoms with Crippen LogP contribution in [-0.4, -0.2) is 54.8 Å². The van der Waals surface area contributed by atoms with Crippen LogP contribution in [0.4, 0.5) is 22.2 Å². The number of hydrogen-bond donors (Lipinski definition) is 2. The first kappa shape index (κ1) is 24.6. The molecule has 1 amide bonds. The lowest BCUT2D eigenvalue weighted by Crippen LogP contribution is -2.17. The van der Waals surface area contributed by atoms with E-state index in [0.29, 0.717) is 16.5 Å². The molecule has 0 atom stereocenters. The summed E-state index contributed by atoms with van der Waals surface area (Å²) in [5, 5.41) is 8.62. The molecule has 2 heterocycles. The number of hydrogen-bond acceptors (Lipinski definition) is 10. The van der Waals surface area contributed by atoms with E-state index in [4.69, 9.17) is 4.74 Å². The summed E-state index contributed by atoms with van der Waals surface area (Å²) < 4.78 is 20.3. The van der Waals surface area contributed by atoms with Gasteiger partial charge in [0.05, 0.1) is 12.2 Å². The number of carbonyl (C=O) groups excluding carboxylic acids is 1. The maximum absolute atomic E-state index is 12.1. The molecule has 33 heavy (non-hydrogen) atoms. The molecule has 176 valence electrons. The van der Waals surface area contributed by atoms with Gasteiger partial charge < -0.3 is 24.5 Å². The largest absolute Gasteiger partial charge is 0.450 e. The van der Waals surface area contributed by atoms with Gasteiger partial charge in [-0.25, -0.2) is 9.78 Å². The number of nitrogens with one attached hydrogen (secondary N) is 2. The smallest absolute Gasteiger partial charge is 0.410 e. The summed E-state index contributed by atoms with van der Waals surface area (Å²) in [5.74, 6) is 1.20. The van der Waals surface area contributed by atoms with Crippen molar-refractivity contribution >= 4 is 45.5 Å². The van der Waals surface area contributed by atoms with Crippen LogP contribution in [0, 0.1) is 0 Å². The quantitative estimate of drug-likeness (QED) is 0.305. The zero-order chi connectivity index (χ0) is 23.6. The van der Waals surface area contributed by atoms with Gasteiger partial charge in [-0.15, -0.1) is 21.9 Å². The second-order valence-electron chi connectivity index (χ2n) is 7.21. The van der Waals surface area contributed by atoms with E-state index in [1.165, 1.54) is 0 Å². The molecular weight excluding hydrogens is 460 g/mol. The van der Waals surface area contributed by atoms with Crippen LogP contribution >= 0.6 is 11.3 Å². The minimum atomic E-state index is -1.82. The van der Waals surface area contributed by atoms with Gasteiger partial charge in [0.25, 0.3) is 0 Å². The van der Waals surface area contributed by atoms with Crippen LogP contribution in [-0.2, 0) is 19.5 Å². The molecule has 2 N–H and O–H groups in total. The molecule has 3 aromatic rings. The lowest BCUT2D eigenvalue weighted by molar-refractivity contribution is 0.164. The first-order valence-corrected chi connectivity index (χ1v) is 12.4. The van der Waals surface area contributed by atoms with E-state index >= 15 is 0 Å². The summed E-state index contributed by atoms with van der Waals surface area (Å²) >= 11 is 1.64. The third-order valence-electron chi connectivity index (χ3n) is 4.39. The SMILES string of the molecule is CCOC(=O)N=[S-](=O)c1ccc(Nc2ncc(-c3cccs3)c(NCCCN(C)C)n2)cc1. The Morgan fingerprint density at radius 2 is 2.03 bits per heavy atom. The van der Waals surface area contributed by atoms with Crippen molar-refractivity contribution in [2.75, 3.05) is 44.4 Å².